The molecule has 1 aromatic carbocycles. The van der Waals surface area contributed by atoms with E-state index in [0.29, 0.717) is 36.6 Å². The summed E-state index contributed by atoms with van der Waals surface area (Å²) < 4.78 is 16.5. The van der Waals surface area contributed by atoms with Gasteiger partial charge < -0.3 is 19.5 Å². The summed E-state index contributed by atoms with van der Waals surface area (Å²) in [4.78, 5) is 25.1. The van der Waals surface area contributed by atoms with Crippen molar-refractivity contribution in [3.8, 4) is 5.75 Å². The lowest BCUT2D eigenvalue weighted by Crippen LogP contribution is -2.42. The third kappa shape index (κ3) is 6.86. The summed E-state index contributed by atoms with van der Waals surface area (Å²) in [5, 5.41) is 2.87. The highest BCUT2D eigenvalue weighted by molar-refractivity contribution is 5.99. The largest absolute Gasteiger partial charge is 0.493 e. The Labute approximate surface area is 162 Å². The van der Waals surface area contributed by atoms with Crippen LogP contribution in [0.2, 0.25) is 0 Å². The molecule has 0 saturated heterocycles. The van der Waals surface area contributed by atoms with Crippen molar-refractivity contribution in [3.63, 3.8) is 0 Å². The van der Waals surface area contributed by atoms with Crippen LogP contribution in [0.5, 0.6) is 5.75 Å². The van der Waals surface area contributed by atoms with Crippen molar-refractivity contribution < 1.29 is 23.8 Å². The second-order valence-electron chi connectivity index (χ2n) is 6.50. The first kappa shape index (κ1) is 23.0. The monoisotopic (exact) mass is 379 g/mol. The first-order valence-corrected chi connectivity index (χ1v) is 9.81. The molecule has 0 saturated carbocycles. The van der Waals surface area contributed by atoms with E-state index < -0.39 is 11.6 Å². The lowest BCUT2D eigenvalue weighted by Gasteiger charge is -2.28. The molecular formula is C21H33NO5. The van der Waals surface area contributed by atoms with Crippen LogP contribution in [0.4, 0.5) is 5.69 Å². The SMILES string of the molecule is CCCCC(C)(OCC)C(=O)Nc1ccc(OCCC)c(C(=O)OCC)c1. The number of carbonyl (C=O) groups excluding carboxylic acids is 2. The highest BCUT2D eigenvalue weighted by atomic mass is 16.5. The van der Waals surface area contributed by atoms with Gasteiger partial charge in [0, 0.05) is 12.3 Å². The van der Waals surface area contributed by atoms with Gasteiger partial charge in [0.1, 0.15) is 16.9 Å². The number of rotatable bonds is 12. The van der Waals surface area contributed by atoms with Gasteiger partial charge in [0.25, 0.3) is 5.91 Å². The van der Waals surface area contributed by atoms with E-state index in [1.807, 2.05) is 13.8 Å². The number of hydrogen-bond donors (Lipinski definition) is 1. The second kappa shape index (κ2) is 11.6. The lowest BCUT2D eigenvalue weighted by molar-refractivity contribution is -0.139. The maximum absolute atomic E-state index is 12.8. The standard InChI is InChI=1S/C21H33NO5/c1-6-10-13-21(5,27-9-4)20(24)22-16-11-12-18(26-14-7-2)17(15-16)19(23)25-8-3/h11-12,15H,6-10,13-14H2,1-5H3,(H,22,24). The summed E-state index contributed by atoms with van der Waals surface area (Å²) in [6, 6.07) is 4.99. The van der Waals surface area contributed by atoms with Gasteiger partial charge in [-0.3, -0.25) is 4.79 Å². The molecule has 0 radical (unpaired) electrons. The molecule has 27 heavy (non-hydrogen) atoms. The summed E-state index contributed by atoms with van der Waals surface area (Å²) in [6.45, 7) is 10.7. The Hall–Kier alpha value is -2.08. The second-order valence-corrected chi connectivity index (χ2v) is 6.50. The smallest absolute Gasteiger partial charge is 0.341 e. The van der Waals surface area contributed by atoms with Crippen molar-refractivity contribution in [2.45, 2.75) is 65.9 Å². The van der Waals surface area contributed by atoms with Gasteiger partial charge in [-0.2, -0.15) is 0 Å². The summed E-state index contributed by atoms with van der Waals surface area (Å²) in [7, 11) is 0. The normalized spacial score (nSPS) is 12.9. The zero-order valence-corrected chi connectivity index (χ0v) is 17.2. The van der Waals surface area contributed by atoms with E-state index in [0.717, 1.165) is 19.3 Å². The molecule has 0 spiro atoms. The van der Waals surface area contributed by atoms with Gasteiger partial charge in [-0.1, -0.05) is 26.7 Å². The molecule has 0 bridgehead atoms. The van der Waals surface area contributed by atoms with Crippen LogP contribution in [0.15, 0.2) is 18.2 Å². The molecule has 0 aliphatic carbocycles. The number of anilines is 1. The Morgan fingerprint density at radius 2 is 1.81 bits per heavy atom. The topological polar surface area (TPSA) is 73.9 Å². The van der Waals surface area contributed by atoms with Crippen LogP contribution < -0.4 is 10.1 Å². The Kier molecular flexibility index (Phi) is 9.86. The Balaban J connectivity index is 3.05. The molecule has 1 atom stereocenters. The number of hydrogen-bond acceptors (Lipinski definition) is 5. The third-order valence-electron chi connectivity index (χ3n) is 4.15. The first-order valence-electron chi connectivity index (χ1n) is 9.81. The predicted molar refractivity (Wildman–Crippen MR) is 106 cm³/mol. The summed E-state index contributed by atoms with van der Waals surface area (Å²) >= 11 is 0. The van der Waals surface area contributed by atoms with E-state index in [-0.39, 0.29) is 12.5 Å². The van der Waals surface area contributed by atoms with Crippen molar-refractivity contribution in [1.82, 2.24) is 0 Å². The van der Waals surface area contributed by atoms with Crippen LogP contribution in [0.25, 0.3) is 0 Å². The molecule has 0 aliphatic rings. The van der Waals surface area contributed by atoms with E-state index in [1.165, 1.54) is 0 Å². The molecule has 1 amide bonds. The van der Waals surface area contributed by atoms with Gasteiger partial charge in [-0.05, 0) is 51.8 Å². The number of amides is 1. The number of ether oxygens (including phenoxy) is 3. The molecule has 0 aliphatic heterocycles. The van der Waals surface area contributed by atoms with Gasteiger partial charge in [-0.15, -0.1) is 0 Å². The van der Waals surface area contributed by atoms with Crippen molar-refractivity contribution in [3.05, 3.63) is 23.8 Å². The Morgan fingerprint density at radius 3 is 2.41 bits per heavy atom. The lowest BCUT2D eigenvalue weighted by atomic mass is 9.97. The maximum atomic E-state index is 12.8. The molecule has 1 rings (SSSR count). The highest BCUT2D eigenvalue weighted by Crippen LogP contribution is 2.26. The van der Waals surface area contributed by atoms with E-state index >= 15 is 0 Å². The van der Waals surface area contributed by atoms with E-state index in [2.05, 4.69) is 12.2 Å². The minimum atomic E-state index is -0.910. The fourth-order valence-electron chi connectivity index (χ4n) is 2.66. The zero-order valence-electron chi connectivity index (χ0n) is 17.2. The molecule has 152 valence electrons. The molecule has 1 aromatic rings. The van der Waals surface area contributed by atoms with Crippen LogP contribution in [0.1, 0.15) is 70.7 Å². The molecule has 6 nitrogen and oxygen atoms in total. The average molecular weight is 379 g/mol. The van der Waals surface area contributed by atoms with Crippen molar-refractivity contribution in [2.24, 2.45) is 0 Å². The van der Waals surface area contributed by atoms with Gasteiger partial charge in [0.2, 0.25) is 0 Å². The first-order chi connectivity index (χ1) is 12.9. The van der Waals surface area contributed by atoms with E-state index in [4.69, 9.17) is 14.2 Å². The van der Waals surface area contributed by atoms with E-state index in [1.54, 1.807) is 32.0 Å². The number of benzene rings is 1. The number of esters is 1. The molecule has 0 heterocycles. The molecule has 1 unspecified atom stereocenters. The zero-order chi connectivity index (χ0) is 20.3. The predicted octanol–water partition coefficient (Wildman–Crippen LogP) is 4.58. The quantitative estimate of drug-likeness (QED) is 0.538. The Morgan fingerprint density at radius 1 is 1.07 bits per heavy atom. The van der Waals surface area contributed by atoms with Crippen molar-refractivity contribution in [1.29, 1.82) is 0 Å². The van der Waals surface area contributed by atoms with Crippen LogP contribution in [-0.2, 0) is 14.3 Å². The highest BCUT2D eigenvalue weighted by Gasteiger charge is 2.33. The van der Waals surface area contributed by atoms with Crippen LogP contribution in [0, 0.1) is 0 Å². The van der Waals surface area contributed by atoms with Crippen molar-refractivity contribution in [2.75, 3.05) is 25.1 Å². The number of unbranched alkanes of at least 4 members (excludes halogenated alkanes) is 1. The van der Waals surface area contributed by atoms with Gasteiger partial charge >= 0.3 is 5.97 Å². The van der Waals surface area contributed by atoms with Crippen LogP contribution in [0.3, 0.4) is 0 Å². The minimum Gasteiger partial charge on any atom is -0.493 e. The minimum absolute atomic E-state index is 0.227. The summed E-state index contributed by atoms with van der Waals surface area (Å²) in [6.07, 6.45) is 3.32. The number of carbonyl (C=O) groups is 2. The summed E-state index contributed by atoms with van der Waals surface area (Å²) in [5.74, 6) is -0.250. The molecule has 0 aromatic heterocycles. The third-order valence-corrected chi connectivity index (χ3v) is 4.15. The molecule has 1 N–H and O–H groups in total. The van der Waals surface area contributed by atoms with Gasteiger partial charge in [0.05, 0.1) is 13.2 Å². The average Bonchev–Trinajstić information content (AvgIpc) is 2.65. The maximum Gasteiger partial charge on any atom is 0.341 e. The van der Waals surface area contributed by atoms with Crippen LogP contribution in [-0.4, -0.2) is 37.3 Å². The number of nitrogens with one attached hydrogen (secondary N) is 1. The van der Waals surface area contributed by atoms with Crippen molar-refractivity contribution >= 4 is 17.6 Å². The molecule has 0 fully saturated rings. The van der Waals surface area contributed by atoms with Gasteiger partial charge in [-0.25, -0.2) is 4.79 Å². The van der Waals surface area contributed by atoms with Gasteiger partial charge in [0.15, 0.2) is 0 Å². The van der Waals surface area contributed by atoms with E-state index in [9.17, 15) is 9.59 Å². The molecular weight excluding hydrogens is 346 g/mol. The fraction of sp³-hybridized carbons (Fsp3) is 0.619. The van der Waals surface area contributed by atoms with Crippen LogP contribution >= 0.6 is 0 Å². The molecule has 6 heteroatoms. The summed E-state index contributed by atoms with van der Waals surface area (Å²) in [5.41, 5.74) is -0.101. The Bertz CT molecular complexity index is 617. The fourth-order valence-corrected chi connectivity index (χ4v) is 2.66.